The highest BCUT2D eigenvalue weighted by Gasteiger charge is 2.17. The Kier molecular flexibility index (Phi) is 4.13. The van der Waals surface area contributed by atoms with E-state index in [4.69, 9.17) is 33.7 Å². The van der Waals surface area contributed by atoms with E-state index in [-0.39, 0.29) is 15.8 Å². The molecule has 1 atom stereocenters. The van der Waals surface area contributed by atoms with Gasteiger partial charge in [-0.05, 0) is 13.3 Å². The summed E-state index contributed by atoms with van der Waals surface area (Å²) in [5.41, 5.74) is 5.53. The first-order chi connectivity index (χ1) is 6.94. The normalized spacial score (nSPS) is 14.7. The molecule has 1 unspecified atom stereocenters. The van der Waals surface area contributed by atoms with E-state index >= 15 is 0 Å². The van der Waals surface area contributed by atoms with Gasteiger partial charge in [-0.15, -0.1) is 10.2 Å². The van der Waals surface area contributed by atoms with Crippen molar-refractivity contribution >= 4 is 23.2 Å². The van der Waals surface area contributed by atoms with Gasteiger partial charge in [-0.25, -0.2) is 0 Å². The number of rotatable bonds is 4. The van der Waals surface area contributed by atoms with Crippen molar-refractivity contribution in [3.63, 3.8) is 0 Å². The third-order valence-electron chi connectivity index (χ3n) is 2.05. The Hall–Kier alpha value is -0.580. The maximum atomic E-state index is 5.91. The van der Waals surface area contributed by atoms with Gasteiger partial charge in [-0.3, -0.25) is 0 Å². The molecule has 6 heteroatoms. The molecule has 0 aliphatic rings. The first kappa shape index (κ1) is 12.5. The van der Waals surface area contributed by atoms with Crippen LogP contribution in [0.3, 0.4) is 0 Å². The molecule has 15 heavy (non-hydrogen) atoms. The molecule has 1 aromatic heterocycles. The standard InChI is InChI=1S/C9H13Cl2N3O/c1-3-9(2,12)5-15-6-4-7(10)13-14-8(6)11/h4H,3,5,12H2,1-2H3. The molecule has 1 heterocycles. The van der Waals surface area contributed by atoms with Gasteiger partial charge in [0.15, 0.2) is 16.1 Å². The molecule has 0 saturated heterocycles. The van der Waals surface area contributed by atoms with Crippen LogP contribution in [0, 0.1) is 0 Å². The molecule has 0 aromatic carbocycles. The molecule has 1 rings (SSSR count). The molecule has 0 aliphatic carbocycles. The molecule has 2 N–H and O–H groups in total. The molecule has 0 saturated carbocycles. The van der Waals surface area contributed by atoms with Gasteiger partial charge in [0, 0.05) is 11.6 Å². The van der Waals surface area contributed by atoms with Gasteiger partial charge in [0.2, 0.25) is 0 Å². The topological polar surface area (TPSA) is 61.0 Å². The number of halogens is 2. The molecule has 4 nitrogen and oxygen atoms in total. The fourth-order valence-corrected chi connectivity index (χ4v) is 1.07. The minimum absolute atomic E-state index is 0.186. The Morgan fingerprint density at radius 2 is 2.13 bits per heavy atom. The Morgan fingerprint density at radius 1 is 1.47 bits per heavy atom. The average molecular weight is 250 g/mol. The van der Waals surface area contributed by atoms with Crippen molar-refractivity contribution in [3.8, 4) is 5.75 Å². The summed E-state index contributed by atoms with van der Waals surface area (Å²) < 4.78 is 5.43. The van der Waals surface area contributed by atoms with Crippen LogP contribution in [-0.4, -0.2) is 22.3 Å². The van der Waals surface area contributed by atoms with Gasteiger partial charge >= 0.3 is 0 Å². The summed E-state index contributed by atoms with van der Waals surface area (Å²) in [7, 11) is 0. The predicted octanol–water partition coefficient (Wildman–Crippen LogP) is 2.29. The third kappa shape index (κ3) is 3.81. The zero-order valence-corrected chi connectivity index (χ0v) is 10.1. The van der Waals surface area contributed by atoms with Crippen LogP contribution in [0.25, 0.3) is 0 Å². The maximum Gasteiger partial charge on any atom is 0.193 e. The van der Waals surface area contributed by atoms with Crippen molar-refractivity contribution in [2.45, 2.75) is 25.8 Å². The summed E-state index contributed by atoms with van der Waals surface area (Å²) in [5.74, 6) is 0.404. The summed E-state index contributed by atoms with van der Waals surface area (Å²) in [4.78, 5) is 0. The molecule has 1 aromatic rings. The molecular weight excluding hydrogens is 237 g/mol. The van der Waals surface area contributed by atoms with Gasteiger partial charge in [-0.1, -0.05) is 30.1 Å². The van der Waals surface area contributed by atoms with Crippen molar-refractivity contribution in [1.29, 1.82) is 0 Å². The van der Waals surface area contributed by atoms with Gasteiger partial charge in [0.25, 0.3) is 0 Å². The Bertz CT molecular complexity index is 344. The third-order valence-corrected chi connectivity index (χ3v) is 2.50. The largest absolute Gasteiger partial charge is 0.488 e. The van der Waals surface area contributed by atoms with Crippen LogP contribution in [0.1, 0.15) is 20.3 Å². The zero-order valence-electron chi connectivity index (χ0n) is 8.63. The molecule has 0 aliphatic heterocycles. The summed E-state index contributed by atoms with van der Waals surface area (Å²) in [6, 6.07) is 1.52. The minimum atomic E-state index is -0.390. The lowest BCUT2D eigenvalue weighted by atomic mass is 10.0. The first-order valence-electron chi connectivity index (χ1n) is 4.55. The summed E-state index contributed by atoms with van der Waals surface area (Å²) in [6.45, 7) is 4.24. The monoisotopic (exact) mass is 249 g/mol. The second-order valence-corrected chi connectivity index (χ2v) is 4.36. The van der Waals surface area contributed by atoms with E-state index in [9.17, 15) is 0 Å². The van der Waals surface area contributed by atoms with E-state index in [0.29, 0.717) is 12.4 Å². The molecule has 0 spiro atoms. The van der Waals surface area contributed by atoms with Gasteiger partial charge in [0.1, 0.15) is 6.61 Å². The number of hydrogen-bond donors (Lipinski definition) is 1. The van der Waals surface area contributed by atoms with Crippen molar-refractivity contribution in [2.24, 2.45) is 5.73 Å². The summed E-state index contributed by atoms with van der Waals surface area (Å²) in [6.07, 6.45) is 0.802. The van der Waals surface area contributed by atoms with E-state index in [1.807, 2.05) is 13.8 Å². The van der Waals surface area contributed by atoms with E-state index in [2.05, 4.69) is 10.2 Å². The van der Waals surface area contributed by atoms with Crippen molar-refractivity contribution in [2.75, 3.05) is 6.61 Å². The molecule has 0 fully saturated rings. The van der Waals surface area contributed by atoms with Crippen molar-refractivity contribution in [1.82, 2.24) is 10.2 Å². The lowest BCUT2D eigenvalue weighted by molar-refractivity contribution is 0.225. The van der Waals surface area contributed by atoms with Crippen molar-refractivity contribution < 1.29 is 4.74 Å². The minimum Gasteiger partial charge on any atom is -0.488 e. The lowest BCUT2D eigenvalue weighted by Gasteiger charge is -2.22. The smallest absolute Gasteiger partial charge is 0.193 e. The molecule has 84 valence electrons. The average Bonchev–Trinajstić information content (AvgIpc) is 2.20. The second-order valence-electron chi connectivity index (χ2n) is 3.62. The molecular formula is C9H13Cl2N3O. The highest BCUT2D eigenvalue weighted by atomic mass is 35.5. The fraction of sp³-hybridized carbons (Fsp3) is 0.556. The predicted molar refractivity (Wildman–Crippen MR) is 60.4 cm³/mol. The van der Waals surface area contributed by atoms with E-state index < -0.39 is 0 Å². The number of ether oxygens (including phenoxy) is 1. The van der Waals surface area contributed by atoms with Gasteiger partial charge in [-0.2, -0.15) is 0 Å². The van der Waals surface area contributed by atoms with Crippen molar-refractivity contribution in [3.05, 3.63) is 16.4 Å². The Morgan fingerprint density at radius 3 is 2.73 bits per heavy atom. The van der Waals surface area contributed by atoms with Crippen LogP contribution < -0.4 is 10.5 Å². The molecule has 0 bridgehead atoms. The zero-order chi connectivity index (χ0) is 11.5. The van der Waals surface area contributed by atoms with E-state index in [1.54, 1.807) is 0 Å². The van der Waals surface area contributed by atoms with E-state index in [0.717, 1.165) is 6.42 Å². The van der Waals surface area contributed by atoms with Crippen LogP contribution in [0.4, 0.5) is 0 Å². The summed E-state index contributed by atoms with van der Waals surface area (Å²) in [5, 5.41) is 7.63. The highest BCUT2D eigenvalue weighted by Crippen LogP contribution is 2.24. The van der Waals surface area contributed by atoms with E-state index in [1.165, 1.54) is 6.07 Å². The van der Waals surface area contributed by atoms with Gasteiger partial charge < -0.3 is 10.5 Å². The fourth-order valence-electron chi connectivity index (χ4n) is 0.783. The quantitative estimate of drug-likeness (QED) is 0.890. The molecule has 0 amide bonds. The Labute approximate surface area is 98.7 Å². The highest BCUT2D eigenvalue weighted by molar-refractivity contribution is 6.32. The number of nitrogens with zero attached hydrogens (tertiary/aromatic N) is 2. The SMILES string of the molecule is CCC(C)(N)COc1cc(Cl)nnc1Cl. The molecule has 0 radical (unpaired) electrons. The van der Waals surface area contributed by atoms with Gasteiger partial charge in [0.05, 0.1) is 0 Å². The number of hydrogen-bond acceptors (Lipinski definition) is 4. The second kappa shape index (κ2) is 4.96. The maximum absolute atomic E-state index is 5.91. The summed E-state index contributed by atoms with van der Waals surface area (Å²) >= 11 is 11.4. The first-order valence-corrected chi connectivity index (χ1v) is 5.30. The van der Waals surface area contributed by atoms with Crippen LogP contribution in [-0.2, 0) is 0 Å². The number of aromatic nitrogens is 2. The van der Waals surface area contributed by atoms with Crippen LogP contribution in [0.2, 0.25) is 10.3 Å². The number of nitrogens with two attached hydrogens (primary N) is 1. The lowest BCUT2D eigenvalue weighted by Crippen LogP contribution is -2.41. The van der Waals surface area contributed by atoms with Crippen LogP contribution >= 0.6 is 23.2 Å². The van der Waals surface area contributed by atoms with Crippen LogP contribution in [0.5, 0.6) is 5.75 Å². The van der Waals surface area contributed by atoms with Crippen LogP contribution in [0.15, 0.2) is 6.07 Å². The Balaban J connectivity index is 2.69.